The van der Waals surface area contributed by atoms with Crippen LogP contribution < -0.4 is 43.7 Å². The third kappa shape index (κ3) is 18.5. The third-order valence-electron chi connectivity index (χ3n) is 3.87. The Morgan fingerprint density at radius 3 is 0.538 bits per heavy atom. The molecule has 4 rings (SSSR count). The van der Waals surface area contributed by atoms with E-state index in [0.29, 0.717) is 0 Å². The van der Waals surface area contributed by atoms with Crippen LogP contribution in [0.3, 0.4) is 0 Å². The van der Waals surface area contributed by atoms with E-state index in [4.69, 9.17) is 0 Å². The van der Waals surface area contributed by atoms with Gasteiger partial charge >= 0.3 is 17.1 Å². The van der Waals surface area contributed by atoms with Crippen molar-refractivity contribution in [3.63, 3.8) is 0 Å². The Kier molecular flexibility index (Phi) is 45.0. The van der Waals surface area contributed by atoms with Gasteiger partial charge in [0.1, 0.15) is 0 Å². The molecule has 0 aliphatic rings. The van der Waals surface area contributed by atoms with Crippen molar-refractivity contribution in [1.82, 2.24) is 0 Å². The predicted octanol–water partition coefficient (Wildman–Crippen LogP) is -11.9. The molecule has 0 spiro atoms. The van der Waals surface area contributed by atoms with Crippen molar-refractivity contribution in [3.8, 4) is 22.3 Å². The Morgan fingerprint density at radius 2 is 0.436 bits per heavy atom. The summed E-state index contributed by atoms with van der Waals surface area (Å²) < 4.78 is 2.89. The number of nitrogens with zero attached hydrogens (tertiary/aromatic N) is 4. The number of rotatable bonds is 2. The van der Waals surface area contributed by atoms with Crippen LogP contribution in [0.15, 0.2) is 98.1 Å². The quantitative estimate of drug-likeness (QED) is 0.0880. The SMILES string of the molecule is O.O.[Cl-].[Cl-].[Mn+2].[O-][n+]1ccc(-c2cc[n+]([O-])cc2)cc1.[O-][n+]1ccc(-c2cc[n+]([O-])cc2)cc1.[OH3+].[OH3+].[OH3+].[OH3+].[OH3+].[OH3+]. The Morgan fingerprint density at radius 1 is 0.333 bits per heavy atom. The molecule has 0 aromatic carbocycles. The minimum Gasteiger partial charge on any atom is -1.00 e. The van der Waals surface area contributed by atoms with Crippen LogP contribution in [0.25, 0.3) is 22.3 Å². The molecule has 0 aliphatic heterocycles. The van der Waals surface area contributed by atoms with Crippen LogP contribution in [-0.2, 0) is 49.9 Å². The molecule has 39 heavy (non-hydrogen) atoms. The Hall–Kier alpha value is -3.42. The molecule has 19 heteroatoms. The second kappa shape index (κ2) is 29.1. The second-order valence-corrected chi connectivity index (χ2v) is 5.79. The van der Waals surface area contributed by atoms with E-state index in [1.807, 2.05) is 0 Å². The first kappa shape index (κ1) is 60.2. The van der Waals surface area contributed by atoms with E-state index in [2.05, 4.69) is 0 Å². The summed E-state index contributed by atoms with van der Waals surface area (Å²) in [5.74, 6) is 0. The van der Waals surface area contributed by atoms with Crippen molar-refractivity contribution < 1.29 is 105 Å². The molecular formula is C20H38Cl2MnN4O12+6. The van der Waals surface area contributed by atoms with Crippen LogP contribution in [0.4, 0.5) is 0 Å². The van der Waals surface area contributed by atoms with Crippen molar-refractivity contribution in [1.29, 1.82) is 0 Å². The van der Waals surface area contributed by atoms with Gasteiger partial charge < -0.3 is 89.5 Å². The molecule has 0 atom stereocenters. The fourth-order valence-corrected chi connectivity index (χ4v) is 2.42. The first-order chi connectivity index (χ1) is 13.5. The van der Waals surface area contributed by atoms with Gasteiger partial charge in [-0.2, -0.15) is 18.9 Å². The summed E-state index contributed by atoms with van der Waals surface area (Å²) in [5, 5.41) is 43.1. The smallest absolute Gasteiger partial charge is 1.00 e. The predicted molar refractivity (Wildman–Crippen MR) is 136 cm³/mol. The van der Waals surface area contributed by atoms with Crippen LogP contribution in [0.1, 0.15) is 0 Å². The molecule has 0 fully saturated rings. The Labute approximate surface area is 245 Å². The summed E-state index contributed by atoms with van der Waals surface area (Å²) >= 11 is 0. The molecule has 0 saturated carbocycles. The molecular weight excluding hydrogens is 614 g/mol. The first-order valence-electron chi connectivity index (χ1n) is 8.27. The number of aromatic nitrogens is 4. The van der Waals surface area contributed by atoms with Crippen LogP contribution in [0.5, 0.6) is 0 Å². The summed E-state index contributed by atoms with van der Waals surface area (Å²) in [6.07, 6.45) is 11.4. The number of hydrogen-bond acceptors (Lipinski definition) is 4. The molecule has 22 N–H and O–H groups in total. The summed E-state index contributed by atoms with van der Waals surface area (Å²) in [6, 6.07) is 13.6. The molecule has 1 radical (unpaired) electrons. The van der Waals surface area contributed by atoms with E-state index in [-0.39, 0.29) is 85.7 Å². The number of hydrogen-bond donors (Lipinski definition) is 0. The van der Waals surface area contributed by atoms with Crippen molar-refractivity contribution in [2.75, 3.05) is 0 Å². The van der Waals surface area contributed by atoms with Crippen LogP contribution in [0.2, 0.25) is 0 Å². The summed E-state index contributed by atoms with van der Waals surface area (Å²) in [5.41, 5.74) is 3.66. The fraction of sp³-hybridized carbons (Fsp3) is 0. The summed E-state index contributed by atoms with van der Waals surface area (Å²) in [6.45, 7) is 0. The van der Waals surface area contributed by atoms with Crippen molar-refractivity contribution >= 4 is 0 Å². The third-order valence-corrected chi connectivity index (χ3v) is 3.87. The molecule has 0 unspecified atom stereocenters. The molecule has 4 aromatic heterocycles. The summed E-state index contributed by atoms with van der Waals surface area (Å²) in [7, 11) is 0. The average molecular weight is 652 g/mol. The molecule has 0 bridgehead atoms. The maximum absolute atomic E-state index is 10.8. The zero-order chi connectivity index (χ0) is 19.9. The van der Waals surface area contributed by atoms with E-state index < -0.39 is 0 Å². The van der Waals surface area contributed by atoms with Crippen LogP contribution in [-0.4, -0.2) is 11.0 Å². The molecule has 0 aliphatic carbocycles. The van der Waals surface area contributed by atoms with Crippen LogP contribution >= 0.6 is 0 Å². The van der Waals surface area contributed by atoms with Gasteiger partial charge in [0.25, 0.3) is 0 Å². The van der Waals surface area contributed by atoms with Gasteiger partial charge in [-0.1, -0.05) is 0 Å². The number of pyridine rings is 4. The van der Waals surface area contributed by atoms with Gasteiger partial charge in [0.05, 0.1) is 0 Å². The number of halogens is 2. The zero-order valence-corrected chi connectivity index (χ0v) is 22.9. The average Bonchev–Trinajstić information content (AvgIpc) is 2.71. The minimum atomic E-state index is 0. The molecule has 16 nitrogen and oxygen atoms in total. The fourth-order valence-electron chi connectivity index (χ4n) is 2.42. The van der Waals surface area contributed by atoms with E-state index in [0.717, 1.165) is 41.2 Å². The van der Waals surface area contributed by atoms with Gasteiger partial charge in [-0.15, -0.1) is 0 Å². The van der Waals surface area contributed by atoms with Gasteiger partial charge in [-0.25, -0.2) is 0 Å². The largest absolute Gasteiger partial charge is 2.00 e. The van der Waals surface area contributed by atoms with Crippen molar-refractivity contribution in [2.24, 2.45) is 0 Å². The molecule has 4 heterocycles. The van der Waals surface area contributed by atoms with E-state index in [9.17, 15) is 20.8 Å². The topological polar surface area (TPSA) is 369 Å². The van der Waals surface area contributed by atoms with Gasteiger partial charge in [-0.05, 0) is 22.3 Å². The summed E-state index contributed by atoms with van der Waals surface area (Å²) in [4.78, 5) is 0. The van der Waals surface area contributed by atoms with Gasteiger partial charge in [0.2, 0.25) is 0 Å². The maximum atomic E-state index is 10.8. The molecule has 0 saturated heterocycles. The monoisotopic (exact) mass is 651 g/mol. The van der Waals surface area contributed by atoms with E-state index >= 15 is 0 Å². The maximum Gasteiger partial charge on any atom is 2.00 e. The van der Waals surface area contributed by atoms with E-state index in [1.165, 1.54) is 49.6 Å². The standard InChI is InChI=1S/2C10H8N2O2.2ClH.Mn.8H2O/c2*13-11-5-1-9(2-6-11)10-3-7-12(14)8-4-10;;;;;;;;;;;/h2*1-8H;2*1H;;8*1H2/q;;;;+2;;;;;;;;/p+4. The first-order valence-corrected chi connectivity index (χ1v) is 8.27. The van der Waals surface area contributed by atoms with E-state index in [1.54, 1.807) is 48.5 Å². The Bertz CT molecular complexity index is 880. The molecule has 4 aromatic rings. The normalized spacial score (nSPS) is 7.18. The second-order valence-electron chi connectivity index (χ2n) is 5.79. The molecule has 0 amide bonds. The van der Waals surface area contributed by atoms with Gasteiger partial charge in [-0.3, -0.25) is 0 Å². The minimum absolute atomic E-state index is 0. The van der Waals surface area contributed by atoms with Crippen molar-refractivity contribution in [2.45, 2.75) is 0 Å². The van der Waals surface area contributed by atoms with Gasteiger partial charge in [0.15, 0.2) is 49.6 Å². The molecule has 225 valence electrons. The van der Waals surface area contributed by atoms with Gasteiger partial charge in [0, 0.05) is 48.5 Å². The zero-order valence-electron chi connectivity index (χ0n) is 20.3. The Balaban J connectivity index is -0.0000000514. The van der Waals surface area contributed by atoms with Crippen LogP contribution in [0, 0.1) is 20.8 Å². The van der Waals surface area contributed by atoms with Crippen molar-refractivity contribution in [3.05, 3.63) is 119 Å².